The first kappa shape index (κ1) is 38.2. The van der Waals surface area contributed by atoms with Crippen LogP contribution in [-0.2, 0) is 53.6 Å². The Labute approximate surface area is 259 Å². The van der Waals surface area contributed by atoms with Gasteiger partial charge >= 0.3 is 0 Å². The number of nitrogens with one attached hydrogen (secondary N) is 2. The summed E-state index contributed by atoms with van der Waals surface area (Å²) in [5.74, 6) is 0. The topological polar surface area (TPSA) is 231 Å². The molecule has 3 rings (SSSR count). The number of anilines is 3. The number of rotatable bonds is 13. The number of hydrogen-bond donors (Lipinski definition) is 4. The second-order valence-corrected chi connectivity index (χ2v) is 14.5. The van der Waals surface area contributed by atoms with E-state index in [2.05, 4.69) is 23.7 Å². The summed E-state index contributed by atoms with van der Waals surface area (Å²) in [6.07, 6.45) is 4.95. The standard InChI is InChI=1S/C10H15NO5S2.C9H12N4O2S.C8H11NO/c1-17(12,13)11-10-5-3-9(4-6-10)7-8-16-18(2,14)15;1-16(14,15)12-9-4-2-8(3-5-9)6-7-11-13-10;9-8-3-1-7(2-4-8)5-6-10/h3-6,11H,7-8H2,1-2H3;2-5,12H,6-7H2,1H3;1-4,10H,5-6,9H2. The van der Waals surface area contributed by atoms with Crippen LogP contribution in [0.15, 0.2) is 77.9 Å². The van der Waals surface area contributed by atoms with E-state index < -0.39 is 30.2 Å². The monoisotopic (exact) mass is 670 g/mol. The van der Waals surface area contributed by atoms with Crippen molar-refractivity contribution in [2.75, 3.05) is 53.7 Å². The van der Waals surface area contributed by atoms with E-state index in [4.69, 9.17) is 16.4 Å². The molecule has 5 N–H and O–H groups in total. The summed E-state index contributed by atoms with van der Waals surface area (Å²) in [6.45, 7) is 0.664. The van der Waals surface area contributed by atoms with E-state index in [9.17, 15) is 25.3 Å². The van der Waals surface area contributed by atoms with Crippen molar-refractivity contribution in [2.24, 2.45) is 5.11 Å². The van der Waals surface area contributed by atoms with Gasteiger partial charge in [-0.05, 0) is 77.9 Å². The maximum absolute atomic E-state index is 11.0. The van der Waals surface area contributed by atoms with E-state index in [-0.39, 0.29) is 13.2 Å². The number of nitrogens with zero attached hydrogens (tertiary/aromatic N) is 3. The Morgan fingerprint density at radius 3 is 1.52 bits per heavy atom. The summed E-state index contributed by atoms with van der Waals surface area (Å²) < 4.78 is 74.6. The number of benzene rings is 3. The molecule has 0 atom stereocenters. The molecule has 242 valence electrons. The second-order valence-electron chi connectivity index (χ2n) is 9.34. The molecule has 0 spiro atoms. The molecule has 0 aromatic heterocycles. The van der Waals surface area contributed by atoms with Gasteiger partial charge in [0.15, 0.2) is 0 Å². The van der Waals surface area contributed by atoms with Gasteiger partial charge in [-0.2, -0.15) is 8.42 Å². The van der Waals surface area contributed by atoms with Crippen LogP contribution in [0.2, 0.25) is 0 Å². The van der Waals surface area contributed by atoms with Gasteiger partial charge in [0.25, 0.3) is 10.1 Å². The van der Waals surface area contributed by atoms with Crippen LogP contribution in [0.25, 0.3) is 10.4 Å². The summed E-state index contributed by atoms with van der Waals surface area (Å²) in [5, 5.41) is 12.0. The molecule has 0 amide bonds. The summed E-state index contributed by atoms with van der Waals surface area (Å²) in [6, 6.07) is 21.1. The van der Waals surface area contributed by atoms with Crippen molar-refractivity contribution in [1.29, 1.82) is 0 Å². The van der Waals surface area contributed by atoms with Gasteiger partial charge in [0.2, 0.25) is 20.0 Å². The predicted molar refractivity (Wildman–Crippen MR) is 174 cm³/mol. The number of aliphatic hydroxyl groups excluding tert-OH is 1. The molecule has 0 aliphatic carbocycles. The molecule has 0 radical (unpaired) electrons. The van der Waals surface area contributed by atoms with E-state index in [1.807, 2.05) is 24.3 Å². The van der Waals surface area contributed by atoms with E-state index in [0.717, 1.165) is 41.1 Å². The fourth-order valence-corrected chi connectivity index (χ4v) is 4.77. The lowest BCUT2D eigenvalue weighted by molar-refractivity contribution is 0.299. The minimum atomic E-state index is -3.42. The molecule has 14 nitrogen and oxygen atoms in total. The summed E-state index contributed by atoms with van der Waals surface area (Å²) in [5.41, 5.74) is 18.3. The Kier molecular flexibility index (Phi) is 16.2. The van der Waals surface area contributed by atoms with Crippen LogP contribution in [0.3, 0.4) is 0 Å². The second kappa shape index (κ2) is 18.7. The zero-order valence-electron chi connectivity index (χ0n) is 24.6. The van der Waals surface area contributed by atoms with Gasteiger partial charge in [-0.15, -0.1) is 0 Å². The highest BCUT2D eigenvalue weighted by Gasteiger charge is 2.04. The molecule has 44 heavy (non-hydrogen) atoms. The van der Waals surface area contributed by atoms with Crippen molar-refractivity contribution in [3.8, 4) is 0 Å². The third-order valence-electron chi connectivity index (χ3n) is 5.15. The Morgan fingerprint density at radius 2 is 1.14 bits per heavy atom. The number of nitrogen functional groups attached to an aromatic ring is 1. The van der Waals surface area contributed by atoms with Gasteiger partial charge in [0.1, 0.15) is 0 Å². The maximum Gasteiger partial charge on any atom is 0.264 e. The predicted octanol–water partition coefficient (Wildman–Crippen LogP) is 3.29. The first-order chi connectivity index (χ1) is 20.5. The fourth-order valence-electron chi connectivity index (χ4n) is 3.26. The number of sulfonamides is 2. The zero-order valence-corrected chi connectivity index (χ0v) is 27.1. The summed E-state index contributed by atoms with van der Waals surface area (Å²) in [4.78, 5) is 2.65. The number of nitrogens with two attached hydrogens (primary N) is 1. The SMILES string of the molecule is CS(=O)(=O)Nc1ccc(CCN=[N+]=[N-])cc1.CS(=O)(=O)Nc1ccc(CCOS(C)(=O)=O)cc1.Nc1ccc(CCO)cc1. The molecule has 3 aromatic carbocycles. The van der Waals surface area contributed by atoms with Crippen molar-refractivity contribution in [2.45, 2.75) is 19.3 Å². The lowest BCUT2D eigenvalue weighted by atomic mass is 10.1. The fraction of sp³-hybridized carbons (Fsp3) is 0.333. The van der Waals surface area contributed by atoms with Gasteiger partial charge in [-0.3, -0.25) is 13.6 Å². The van der Waals surface area contributed by atoms with Gasteiger partial charge in [0.05, 0.1) is 25.4 Å². The van der Waals surface area contributed by atoms with Crippen LogP contribution in [0.1, 0.15) is 16.7 Å². The Bertz CT molecular complexity index is 1660. The van der Waals surface area contributed by atoms with Crippen molar-refractivity contribution in [3.05, 3.63) is 99.9 Å². The van der Waals surface area contributed by atoms with Crippen LogP contribution in [0, 0.1) is 0 Å². The van der Waals surface area contributed by atoms with Crippen LogP contribution >= 0.6 is 0 Å². The Balaban J connectivity index is 0.000000343. The zero-order chi connectivity index (χ0) is 33.2. The lowest BCUT2D eigenvalue weighted by Crippen LogP contribution is -2.09. The van der Waals surface area contributed by atoms with Gasteiger partial charge in [-0.25, -0.2) is 16.8 Å². The lowest BCUT2D eigenvalue weighted by Gasteiger charge is -2.05. The van der Waals surface area contributed by atoms with Gasteiger partial charge in [0, 0.05) is 35.1 Å². The van der Waals surface area contributed by atoms with Crippen molar-refractivity contribution < 1.29 is 34.5 Å². The molecule has 17 heteroatoms. The van der Waals surface area contributed by atoms with Gasteiger partial charge < -0.3 is 10.8 Å². The number of aliphatic hydroxyl groups is 1. The molecule has 0 heterocycles. The largest absolute Gasteiger partial charge is 0.399 e. The minimum absolute atomic E-state index is 0.0671. The molecule has 0 unspecified atom stereocenters. The van der Waals surface area contributed by atoms with E-state index >= 15 is 0 Å². The third-order valence-corrected chi connectivity index (χ3v) is 6.95. The van der Waals surface area contributed by atoms with Gasteiger partial charge in [-0.1, -0.05) is 41.5 Å². The molecular formula is C27H38N6O8S3. The minimum Gasteiger partial charge on any atom is -0.399 e. The highest BCUT2D eigenvalue weighted by molar-refractivity contribution is 7.92. The maximum atomic E-state index is 11.0. The molecule has 0 aliphatic rings. The van der Waals surface area contributed by atoms with Crippen LogP contribution < -0.4 is 15.2 Å². The first-order valence-corrected chi connectivity index (χ1v) is 18.5. The van der Waals surface area contributed by atoms with Crippen LogP contribution in [-0.4, -0.2) is 68.9 Å². The van der Waals surface area contributed by atoms with Crippen LogP contribution in [0.5, 0.6) is 0 Å². The van der Waals surface area contributed by atoms with Crippen LogP contribution in [0.4, 0.5) is 17.1 Å². The molecule has 3 aromatic rings. The third kappa shape index (κ3) is 20.1. The van der Waals surface area contributed by atoms with Crippen molar-refractivity contribution in [3.63, 3.8) is 0 Å². The normalized spacial score (nSPS) is 11.1. The quantitative estimate of drug-likeness (QED) is 0.0686. The summed E-state index contributed by atoms with van der Waals surface area (Å²) in [7, 11) is -9.93. The van der Waals surface area contributed by atoms with E-state index in [1.54, 1.807) is 48.5 Å². The molecular weight excluding hydrogens is 633 g/mol. The average molecular weight is 671 g/mol. The smallest absolute Gasteiger partial charge is 0.264 e. The molecule has 0 aliphatic heterocycles. The highest BCUT2D eigenvalue weighted by atomic mass is 32.2. The van der Waals surface area contributed by atoms with E-state index in [0.29, 0.717) is 37.2 Å². The average Bonchev–Trinajstić information content (AvgIpc) is 2.91. The van der Waals surface area contributed by atoms with Crippen molar-refractivity contribution in [1.82, 2.24) is 0 Å². The Morgan fingerprint density at radius 1 is 0.727 bits per heavy atom. The molecule has 0 fully saturated rings. The molecule has 0 saturated carbocycles. The highest BCUT2D eigenvalue weighted by Crippen LogP contribution is 2.12. The number of hydrogen-bond acceptors (Lipinski definition) is 10. The van der Waals surface area contributed by atoms with Crippen molar-refractivity contribution >= 4 is 47.2 Å². The van der Waals surface area contributed by atoms with E-state index in [1.165, 1.54) is 0 Å². The summed E-state index contributed by atoms with van der Waals surface area (Å²) >= 11 is 0. The first-order valence-electron chi connectivity index (χ1n) is 12.9. The molecule has 0 bridgehead atoms. The number of azide groups is 1. The molecule has 0 saturated heterocycles. The Hall–Kier alpha value is -3.86.